The Labute approximate surface area is 218 Å². The van der Waals surface area contributed by atoms with Gasteiger partial charge in [0.05, 0.1) is 5.41 Å². The van der Waals surface area contributed by atoms with Crippen molar-refractivity contribution in [2.24, 2.45) is 50.7 Å². The third-order valence-electron chi connectivity index (χ3n) is 13.1. The molecule has 5 aliphatic rings. The molecular formula is C32H48O4. The number of carbonyl (C=O) groups excluding carboxylic acids is 1. The zero-order chi connectivity index (χ0) is 26.5. The Bertz CT molecular complexity index is 1020. The van der Waals surface area contributed by atoms with Gasteiger partial charge in [0.25, 0.3) is 0 Å². The molecule has 1 N–H and O–H groups in total. The third-order valence-corrected chi connectivity index (χ3v) is 13.1. The number of carboxylic acids is 1. The molecule has 0 spiro atoms. The fraction of sp³-hybridized carbons (Fsp3) is 0.812. The number of hydrogen-bond donors (Lipinski definition) is 1. The second-order valence-electron chi connectivity index (χ2n) is 14.7. The minimum Gasteiger partial charge on any atom is -0.481 e. The van der Waals surface area contributed by atoms with E-state index in [1.54, 1.807) is 0 Å². The summed E-state index contributed by atoms with van der Waals surface area (Å²) >= 11 is 0. The Kier molecular flexibility index (Phi) is 5.76. The average Bonchev–Trinajstić information content (AvgIpc) is 3.17. The molecule has 4 fully saturated rings. The van der Waals surface area contributed by atoms with E-state index in [0.29, 0.717) is 11.8 Å². The second kappa shape index (κ2) is 7.96. The van der Waals surface area contributed by atoms with Gasteiger partial charge in [0.1, 0.15) is 6.10 Å². The van der Waals surface area contributed by atoms with E-state index in [0.717, 1.165) is 63.4 Å². The van der Waals surface area contributed by atoms with Crippen LogP contribution in [0, 0.1) is 50.7 Å². The number of allylic oxidation sites excluding steroid dienone is 3. The summed E-state index contributed by atoms with van der Waals surface area (Å²) in [5, 5.41) is 10.5. The first-order valence-electron chi connectivity index (χ1n) is 14.4. The van der Waals surface area contributed by atoms with Gasteiger partial charge in [-0.25, -0.2) is 0 Å². The lowest BCUT2D eigenvalue weighted by Crippen LogP contribution is -2.64. The van der Waals surface area contributed by atoms with Gasteiger partial charge in [0, 0.05) is 18.3 Å². The number of rotatable bonds is 3. The number of hydrogen-bond acceptors (Lipinski definition) is 3. The Morgan fingerprint density at radius 1 is 0.944 bits per heavy atom. The zero-order valence-corrected chi connectivity index (χ0v) is 23.7. The quantitative estimate of drug-likeness (QED) is 0.323. The van der Waals surface area contributed by atoms with Crippen molar-refractivity contribution in [2.75, 3.05) is 0 Å². The van der Waals surface area contributed by atoms with Crippen LogP contribution in [-0.2, 0) is 14.3 Å². The van der Waals surface area contributed by atoms with Crippen LogP contribution in [0.2, 0.25) is 0 Å². The van der Waals surface area contributed by atoms with Gasteiger partial charge >= 0.3 is 11.9 Å². The van der Waals surface area contributed by atoms with Crippen molar-refractivity contribution >= 4 is 11.9 Å². The summed E-state index contributed by atoms with van der Waals surface area (Å²) in [5.74, 6) is 0.673. The normalized spacial score (nSPS) is 49.0. The highest BCUT2D eigenvalue weighted by Gasteiger charge is 2.70. The van der Waals surface area contributed by atoms with Crippen molar-refractivity contribution in [2.45, 2.75) is 112 Å². The van der Waals surface area contributed by atoms with Crippen molar-refractivity contribution in [3.05, 3.63) is 23.8 Å². The maximum atomic E-state index is 12.8. The largest absolute Gasteiger partial charge is 0.481 e. The summed E-state index contributed by atoms with van der Waals surface area (Å²) in [7, 11) is 0. The predicted molar refractivity (Wildman–Crippen MR) is 142 cm³/mol. The van der Waals surface area contributed by atoms with Crippen LogP contribution in [0.25, 0.3) is 0 Å². The monoisotopic (exact) mass is 496 g/mol. The van der Waals surface area contributed by atoms with Gasteiger partial charge in [0.15, 0.2) is 0 Å². The first-order chi connectivity index (χ1) is 16.6. The van der Waals surface area contributed by atoms with E-state index < -0.39 is 11.4 Å². The smallest absolute Gasteiger partial charge is 0.310 e. The van der Waals surface area contributed by atoms with Crippen molar-refractivity contribution in [1.82, 2.24) is 0 Å². The first-order valence-corrected chi connectivity index (χ1v) is 14.4. The van der Waals surface area contributed by atoms with E-state index in [-0.39, 0.29) is 45.6 Å². The van der Waals surface area contributed by atoms with Crippen LogP contribution in [0.1, 0.15) is 106 Å². The molecule has 9 atom stereocenters. The summed E-state index contributed by atoms with van der Waals surface area (Å²) in [5.41, 5.74) is 2.28. The Hall–Kier alpha value is -1.58. The van der Waals surface area contributed by atoms with E-state index in [9.17, 15) is 14.7 Å². The lowest BCUT2D eigenvalue weighted by molar-refractivity contribution is -0.211. The summed E-state index contributed by atoms with van der Waals surface area (Å²) in [6.45, 7) is 20.2. The van der Waals surface area contributed by atoms with Gasteiger partial charge in [-0.3, -0.25) is 9.59 Å². The average molecular weight is 497 g/mol. The van der Waals surface area contributed by atoms with E-state index in [1.807, 2.05) is 0 Å². The molecule has 0 bridgehead atoms. The number of aliphatic carboxylic acids is 1. The molecule has 0 aromatic carbocycles. The van der Waals surface area contributed by atoms with Crippen molar-refractivity contribution in [3.63, 3.8) is 0 Å². The van der Waals surface area contributed by atoms with Crippen LogP contribution in [-0.4, -0.2) is 23.1 Å². The minimum atomic E-state index is -0.622. The van der Waals surface area contributed by atoms with Gasteiger partial charge in [0.2, 0.25) is 0 Å². The van der Waals surface area contributed by atoms with Crippen LogP contribution in [0.5, 0.6) is 0 Å². The van der Waals surface area contributed by atoms with Gasteiger partial charge in [-0.05, 0) is 98.7 Å². The standard InChI is InChI=1S/C32H48O4/c1-19(2)21-11-16-32(27(34)35)18-17-30(7)22(26(21)32)9-10-24-29(6)14-13-25(36-20(3)33)28(4,5)23(29)12-15-31(24,30)8/h9,21,23-26H,1,10-18H2,2-8H3,(H,34,35). The van der Waals surface area contributed by atoms with Gasteiger partial charge in [-0.2, -0.15) is 0 Å². The summed E-state index contributed by atoms with van der Waals surface area (Å²) in [6, 6.07) is 0. The Morgan fingerprint density at radius 3 is 2.25 bits per heavy atom. The SMILES string of the molecule is C=C(C)C1CCC2(C(=O)O)CCC3(C)C(=CCC4C5(C)CCC(OC(C)=O)C(C)(C)C5CCC43C)C12. The minimum absolute atomic E-state index is 0.0108. The molecule has 9 unspecified atom stereocenters. The fourth-order valence-electron chi connectivity index (χ4n) is 11.1. The summed E-state index contributed by atoms with van der Waals surface area (Å²) in [4.78, 5) is 24.7. The van der Waals surface area contributed by atoms with Gasteiger partial charge in [-0.15, -0.1) is 0 Å². The first kappa shape index (κ1) is 26.0. The highest BCUT2D eigenvalue weighted by Crippen LogP contribution is 2.76. The van der Waals surface area contributed by atoms with Crippen molar-refractivity contribution in [3.8, 4) is 0 Å². The highest BCUT2D eigenvalue weighted by molar-refractivity contribution is 5.77. The molecular weight excluding hydrogens is 448 g/mol. The molecule has 4 heteroatoms. The van der Waals surface area contributed by atoms with E-state index in [4.69, 9.17) is 4.74 Å². The molecule has 0 amide bonds. The van der Waals surface area contributed by atoms with Crippen molar-refractivity contribution < 1.29 is 19.4 Å². The molecule has 0 saturated heterocycles. The summed E-state index contributed by atoms with van der Waals surface area (Å²) < 4.78 is 5.87. The molecule has 0 radical (unpaired) electrons. The molecule has 36 heavy (non-hydrogen) atoms. The molecule has 0 aromatic heterocycles. The van der Waals surface area contributed by atoms with E-state index in [2.05, 4.69) is 54.2 Å². The predicted octanol–water partition coefficient (Wildman–Crippen LogP) is 7.58. The van der Waals surface area contributed by atoms with E-state index in [1.165, 1.54) is 12.5 Å². The number of carboxylic acid groups (broad SMARTS) is 1. The molecule has 0 aliphatic heterocycles. The lowest BCUT2D eigenvalue weighted by Gasteiger charge is -2.70. The molecule has 200 valence electrons. The molecule has 5 rings (SSSR count). The molecule has 0 aromatic rings. The fourth-order valence-corrected chi connectivity index (χ4v) is 11.1. The van der Waals surface area contributed by atoms with Crippen LogP contribution >= 0.6 is 0 Å². The Morgan fingerprint density at radius 2 is 1.64 bits per heavy atom. The highest BCUT2D eigenvalue weighted by atomic mass is 16.5. The van der Waals surface area contributed by atoms with Crippen LogP contribution in [0.4, 0.5) is 0 Å². The molecule has 4 saturated carbocycles. The van der Waals surface area contributed by atoms with E-state index >= 15 is 0 Å². The summed E-state index contributed by atoms with van der Waals surface area (Å²) in [6.07, 6.45) is 11.4. The van der Waals surface area contributed by atoms with Crippen LogP contribution in [0.15, 0.2) is 23.8 Å². The molecule has 0 heterocycles. The number of fused-ring (bicyclic) bond motifs is 7. The molecule has 4 nitrogen and oxygen atoms in total. The van der Waals surface area contributed by atoms with Crippen LogP contribution in [0.3, 0.4) is 0 Å². The second-order valence-corrected chi connectivity index (χ2v) is 14.7. The van der Waals surface area contributed by atoms with Gasteiger partial charge in [-0.1, -0.05) is 58.4 Å². The number of carbonyl (C=O) groups is 2. The lowest BCUT2D eigenvalue weighted by atomic mass is 9.34. The third kappa shape index (κ3) is 3.11. The van der Waals surface area contributed by atoms with Gasteiger partial charge < -0.3 is 9.84 Å². The topological polar surface area (TPSA) is 63.6 Å². The molecule has 5 aliphatic carbocycles. The maximum Gasteiger partial charge on any atom is 0.310 e. The number of ether oxygens (including phenoxy) is 1. The van der Waals surface area contributed by atoms with Crippen molar-refractivity contribution in [1.29, 1.82) is 0 Å². The zero-order valence-electron chi connectivity index (χ0n) is 23.7. The maximum absolute atomic E-state index is 12.8. The number of esters is 1. The van der Waals surface area contributed by atoms with Crippen LogP contribution < -0.4 is 0 Å². The Balaban J connectivity index is 1.57.